The predicted octanol–water partition coefficient (Wildman–Crippen LogP) is 4.47. The number of likely N-dealkylation sites (tertiary alicyclic amines) is 1. The first kappa shape index (κ1) is 15.7. The van der Waals surface area contributed by atoms with E-state index in [2.05, 4.69) is 0 Å². The highest BCUT2D eigenvalue weighted by molar-refractivity contribution is 6.35. The summed E-state index contributed by atoms with van der Waals surface area (Å²) in [7, 11) is 0. The Bertz CT molecular complexity index is 485. The summed E-state index contributed by atoms with van der Waals surface area (Å²) in [5.41, 5.74) is 0.535. The first-order valence-electron chi connectivity index (χ1n) is 6.23. The summed E-state index contributed by atoms with van der Waals surface area (Å²) in [6, 6.07) is 3.01. The van der Waals surface area contributed by atoms with Crippen molar-refractivity contribution in [1.82, 2.24) is 4.90 Å². The van der Waals surface area contributed by atoms with Crippen molar-refractivity contribution >= 4 is 23.2 Å². The van der Waals surface area contributed by atoms with Crippen molar-refractivity contribution in [1.29, 1.82) is 0 Å². The second-order valence-electron chi connectivity index (χ2n) is 4.99. The highest BCUT2D eigenvalue weighted by atomic mass is 35.5. The molecule has 0 aromatic heterocycles. The van der Waals surface area contributed by atoms with Crippen LogP contribution in [0.4, 0.5) is 13.2 Å². The summed E-state index contributed by atoms with van der Waals surface area (Å²) < 4.78 is 37.7. The van der Waals surface area contributed by atoms with E-state index in [4.69, 9.17) is 23.2 Å². The van der Waals surface area contributed by atoms with Gasteiger partial charge in [-0.15, -0.1) is 0 Å². The van der Waals surface area contributed by atoms with Crippen LogP contribution >= 0.6 is 23.2 Å². The molecule has 0 amide bonds. The Morgan fingerprint density at radius 3 is 2.35 bits per heavy atom. The number of piperidine rings is 1. The largest absolute Gasteiger partial charge is 0.506 e. The number of phenols is 1. The van der Waals surface area contributed by atoms with Crippen LogP contribution in [0, 0.1) is 5.92 Å². The van der Waals surface area contributed by atoms with Crippen LogP contribution in [-0.4, -0.2) is 29.3 Å². The lowest BCUT2D eigenvalue weighted by Gasteiger charge is -2.33. The Balaban J connectivity index is 2.00. The van der Waals surface area contributed by atoms with Crippen LogP contribution in [0.3, 0.4) is 0 Å². The van der Waals surface area contributed by atoms with Crippen molar-refractivity contribution in [2.45, 2.75) is 25.6 Å². The third-order valence-electron chi connectivity index (χ3n) is 3.55. The summed E-state index contributed by atoms with van der Waals surface area (Å²) in [4.78, 5) is 1.87. The smallest absolute Gasteiger partial charge is 0.391 e. The van der Waals surface area contributed by atoms with Crippen LogP contribution in [0.2, 0.25) is 10.0 Å². The van der Waals surface area contributed by atoms with Gasteiger partial charge in [-0.3, -0.25) is 4.90 Å². The van der Waals surface area contributed by atoms with E-state index in [1.807, 2.05) is 4.90 Å². The molecule has 2 rings (SSSR count). The van der Waals surface area contributed by atoms with Gasteiger partial charge in [-0.2, -0.15) is 13.2 Å². The molecule has 0 spiro atoms. The van der Waals surface area contributed by atoms with E-state index < -0.39 is 12.1 Å². The average Bonchev–Trinajstić information content (AvgIpc) is 2.35. The molecule has 0 atom stereocenters. The van der Waals surface area contributed by atoms with Gasteiger partial charge in [0.05, 0.1) is 10.9 Å². The summed E-state index contributed by atoms with van der Waals surface area (Å²) in [5.74, 6) is -1.29. The molecule has 2 nitrogen and oxygen atoms in total. The number of alkyl halides is 3. The number of phenolic OH excluding ortho intramolecular Hbond substituents is 1. The standard InChI is InChI=1S/C13H14Cl2F3NO/c14-10-5-8(12(20)11(15)6-10)7-19-3-1-9(2-4-19)13(16,17)18/h5-6,9,20H,1-4,7H2. The zero-order valence-corrected chi connectivity index (χ0v) is 12.1. The number of halogens is 5. The Morgan fingerprint density at radius 2 is 1.80 bits per heavy atom. The minimum absolute atomic E-state index is 0.0611. The van der Waals surface area contributed by atoms with Gasteiger partial charge in [0.1, 0.15) is 5.75 Å². The molecule has 7 heteroatoms. The molecule has 112 valence electrons. The van der Waals surface area contributed by atoms with Crippen LogP contribution < -0.4 is 0 Å². The Morgan fingerprint density at radius 1 is 1.20 bits per heavy atom. The third-order valence-corrected chi connectivity index (χ3v) is 4.06. The molecule has 1 aliphatic heterocycles. The van der Waals surface area contributed by atoms with Crippen LogP contribution in [0.5, 0.6) is 5.75 Å². The lowest BCUT2D eigenvalue weighted by Crippen LogP contribution is -2.38. The number of aromatic hydroxyl groups is 1. The van der Waals surface area contributed by atoms with Gasteiger partial charge in [0.2, 0.25) is 0 Å². The lowest BCUT2D eigenvalue weighted by atomic mass is 9.96. The molecule has 0 bridgehead atoms. The Kier molecular flexibility index (Phi) is 4.72. The van der Waals surface area contributed by atoms with Gasteiger partial charge < -0.3 is 5.11 Å². The summed E-state index contributed by atoms with van der Waals surface area (Å²) in [6.45, 7) is 1.03. The summed E-state index contributed by atoms with van der Waals surface area (Å²) in [6.07, 6.45) is -3.95. The zero-order chi connectivity index (χ0) is 14.9. The van der Waals surface area contributed by atoms with Crippen LogP contribution in [0.25, 0.3) is 0 Å². The fraction of sp³-hybridized carbons (Fsp3) is 0.538. The van der Waals surface area contributed by atoms with Crippen LogP contribution in [0.1, 0.15) is 18.4 Å². The molecule has 0 radical (unpaired) electrons. The maximum atomic E-state index is 12.6. The van der Waals surface area contributed by atoms with E-state index in [0.29, 0.717) is 30.2 Å². The fourth-order valence-electron chi connectivity index (χ4n) is 2.40. The monoisotopic (exact) mass is 327 g/mol. The minimum Gasteiger partial charge on any atom is -0.506 e. The number of rotatable bonds is 2. The fourth-order valence-corrected chi connectivity index (χ4v) is 2.93. The van der Waals surface area contributed by atoms with E-state index >= 15 is 0 Å². The first-order chi connectivity index (χ1) is 9.27. The SMILES string of the molecule is Oc1c(Cl)cc(Cl)cc1CN1CCC(C(F)(F)F)CC1. The molecule has 1 heterocycles. The van der Waals surface area contributed by atoms with E-state index in [9.17, 15) is 18.3 Å². The van der Waals surface area contributed by atoms with Crippen molar-refractivity contribution in [3.63, 3.8) is 0 Å². The van der Waals surface area contributed by atoms with E-state index in [-0.39, 0.29) is 23.6 Å². The van der Waals surface area contributed by atoms with Crippen molar-refractivity contribution in [2.75, 3.05) is 13.1 Å². The lowest BCUT2D eigenvalue weighted by molar-refractivity contribution is -0.185. The van der Waals surface area contributed by atoms with Crippen molar-refractivity contribution in [3.05, 3.63) is 27.7 Å². The molecule has 20 heavy (non-hydrogen) atoms. The van der Waals surface area contributed by atoms with Crippen molar-refractivity contribution in [3.8, 4) is 5.75 Å². The summed E-state index contributed by atoms with van der Waals surface area (Å²) >= 11 is 11.7. The molecule has 1 fully saturated rings. The second-order valence-corrected chi connectivity index (χ2v) is 5.83. The number of hydrogen-bond donors (Lipinski definition) is 1. The third kappa shape index (κ3) is 3.71. The van der Waals surface area contributed by atoms with Gasteiger partial charge in [-0.1, -0.05) is 23.2 Å². The van der Waals surface area contributed by atoms with Gasteiger partial charge in [-0.25, -0.2) is 0 Å². The van der Waals surface area contributed by atoms with Crippen molar-refractivity contribution in [2.24, 2.45) is 5.92 Å². The normalized spacial score (nSPS) is 18.4. The van der Waals surface area contributed by atoms with E-state index in [1.54, 1.807) is 6.07 Å². The Labute approximate surface area is 125 Å². The number of hydrogen-bond acceptors (Lipinski definition) is 2. The molecular formula is C13H14Cl2F3NO. The molecule has 1 aromatic rings. The average molecular weight is 328 g/mol. The maximum absolute atomic E-state index is 12.6. The molecule has 1 aromatic carbocycles. The second kappa shape index (κ2) is 6.00. The van der Waals surface area contributed by atoms with Gasteiger partial charge in [0.25, 0.3) is 0 Å². The zero-order valence-electron chi connectivity index (χ0n) is 10.6. The maximum Gasteiger partial charge on any atom is 0.391 e. The van der Waals surface area contributed by atoms with Gasteiger partial charge in [-0.05, 0) is 38.1 Å². The van der Waals surface area contributed by atoms with Gasteiger partial charge >= 0.3 is 6.18 Å². The number of nitrogens with zero attached hydrogens (tertiary/aromatic N) is 1. The first-order valence-corrected chi connectivity index (χ1v) is 6.99. The topological polar surface area (TPSA) is 23.5 Å². The minimum atomic E-state index is -4.12. The molecule has 0 aliphatic carbocycles. The van der Waals surface area contributed by atoms with Crippen LogP contribution in [0.15, 0.2) is 12.1 Å². The molecule has 0 saturated carbocycles. The molecule has 1 N–H and O–H groups in total. The highest BCUT2D eigenvalue weighted by Gasteiger charge is 2.41. The van der Waals surface area contributed by atoms with Crippen molar-refractivity contribution < 1.29 is 18.3 Å². The quantitative estimate of drug-likeness (QED) is 0.866. The van der Waals surface area contributed by atoms with Crippen LogP contribution in [-0.2, 0) is 6.54 Å². The van der Waals surface area contributed by atoms with E-state index in [0.717, 1.165) is 0 Å². The van der Waals surface area contributed by atoms with Gasteiger partial charge in [0.15, 0.2) is 0 Å². The van der Waals surface area contributed by atoms with Gasteiger partial charge in [0, 0.05) is 17.1 Å². The highest BCUT2D eigenvalue weighted by Crippen LogP contribution is 2.36. The molecular weight excluding hydrogens is 314 g/mol. The summed E-state index contributed by atoms with van der Waals surface area (Å²) in [5, 5.41) is 10.4. The predicted molar refractivity (Wildman–Crippen MR) is 72.2 cm³/mol. The molecule has 0 unspecified atom stereocenters. The molecule has 1 saturated heterocycles. The Hall–Kier alpha value is -0.650. The molecule has 1 aliphatic rings. The number of benzene rings is 1. The van der Waals surface area contributed by atoms with E-state index in [1.165, 1.54) is 6.07 Å².